The van der Waals surface area contributed by atoms with Gasteiger partial charge in [0.25, 0.3) is 0 Å². The number of carboxylic acid groups (broad SMARTS) is 1. The molecule has 0 saturated heterocycles. The first-order chi connectivity index (χ1) is 11.5. The second-order valence-corrected chi connectivity index (χ2v) is 6.25. The average molecular weight is 322 g/mol. The van der Waals surface area contributed by atoms with Crippen LogP contribution in [0.15, 0.2) is 36.4 Å². The van der Waals surface area contributed by atoms with Crippen LogP contribution < -0.4 is 0 Å². The zero-order valence-electron chi connectivity index (χ0n) is 14.3. The van der Waals surface area contributed by atoms with Gasteiger partial charge in [0.05, 0.1) is 24.2 Å². The number of hydrogen-bond acceptors (Lipinski definition) is 2. The summed E-state index contributed by atoms with van der Waals surface area (Å²) in [6.07, 6.45) is 0.889. The van der Waals surface area contributed by atoms with E-state index in [1.54, 1.807) is 0 Å². The van der Waals surface area contributed by atoms with E-state index in [9.17, 15) is 4.79 Å². The van der Waals surface area contributed by atoms with Crippen molar-refractivity contribution in [2.75, 3.05) is 0 Å². The SMILES string of the molecule is CCc1nn(Cc2c(C)cccc2C)c2cc(CC(=O)O)ccc12. The van der Waals surface area contributed by atoms with Crippen molar-refractivity contribution in [3.8, 4) is 0 Å². The second-order valence-electron chi connectivity index (χ2n) is 6.25. The first-order valence-electron chi connectivity index (χ1n) is 8.24. The molecule has 0 atom stereocenters. The molecule has 0 amide bonds. The molecule has 2 aromatic carbocycles. The fraction of sp³-hybridized carbons (Fsp3) is 0.300. The minimum Gasteiger partial charge on any atom is -0.481 e. The third-order valence-corrected chi connectivity index (χ3v) is 4.54. The van der Waals surface area contributed by atoms with E-state index < -0.39 is 5.97 Å². The van der Waals surface area contributed by atoms with Crippen LogP contribution >= 0.6 is 0 Å². The average Bonchev–Trinajstić information content (AvgIpc) is 2.88. The monoisotopic (exact) mass is 322 g/mol. The Morgan fingerprint density at radius 3 is 2.50 bits per heavy atom. The quantitative estimate of drug-likeness (QED) is 0.775. The molecule has 3 aromatic rings. The summed E-state index contributed by atoms with van der Waals surface area (Å²) >= 11 is 0. The van der Waals surface area contributed by atoms with Crippen LogP contribution in [0, 0.1) is 13.8 Å². The van der Waals surface area contributed by atoms with E-state index in [-0.39, 0.29) is 6.42 Å². The number of aliphatic carboxylic acids is 1. The van der Waals surface area contributed by atoms with Crippen LogP contribution in [0.3, 0.4) is 0 Å². The maximum Gasteiger partial charge on any atom is 0.307 e. The lowest BCUT2D eigenvalue weighted by atomic mass is 10.0. The number of fused-ring (bicyclic) bond motifs is 1. The largest absolute Gasteiger partial charge is 0.481 e. The van der Waals surface area contributed by atoms with Crippen LogP contribution in [-0.2, 0) is 24.2 Å². The van der Waals surface area contributed by atoms with Crippen molar-refractivity contribution >= 4 is 16.9 Å². The van der Waals surface area contributed by atoms with Gasteiger partial charge >= 0.3 is 5.97 Å². The zero-order valence-corrected chi connectivity index (χ0v) is 14.3. The number of aryl methyl sites for hydroxylation is 3. The fourth-order valence-electron chi connectivity index (χ4n) is 3.20. The molecule has 3 rings (SSSR count). The third kappa shape index (κ3) is 3.04. The van der Waals surface area contributed by atoms with Crippen LogP contribution in [0.5, 0.6) is 0 Å². The molecule has 4 nitrogen and oxygen atoms in total. The first-order valence-corrected chi connectivity index (χ1v) is 8.24. The van der Waals surface area contributed by atoms with Gasteiger partial charge < -0.3 is 5.11 Å². The van der Waals surface area contributed by atoms with E-state index in [0.717, 1.165) is 28.6 Å². The van der Waals surface area contributed by atoms with Crippen molar-refractivity contribution < 1.29 is 9.90 Å². The Bertz CT molecular complexity index is 889. The molecule has 0 fully saturated rings. The smallest absolute Gasteiger partial charge is 0.307 e. The maximum atomic E-state index is 11.0. The third-order valence-electron chi connectivity index (χ3n) is 4.54. The van der Waals surface area contributed by atoms with Crippen molar-refractivity contribution in [3.05, 3.63) is 64.3 Å². The Morgan fingerprint density at radius 2 is 1.88 bits per heavy atom. The fourth-order valence-corrected chi connectivity index (χ4v) is 3.20. The summed E-state index contributed by atoms with van der Waals surface area (Å²) < 4.78 is 2.01. The van der Waals surface area contributed by atoms with Gasteiger partial charge in [-0.2, -0.15) is 5.10 Å². The van der Waals surface area contributed by atoms with E-state index >= 15 is 0 Å². The molecule has 0 spiro atoms. The molecular weight excluding hydrogens is 300 g/mol. The number of aromatic nitrogens is 2. The molecule has 0 saturated carbocycles. The molecule has 0 aliphatic rings. The van der Waals surface area contributed by atoms with E-state index in [2.05, 4.69) is 39.0 Å². The van der Waals surface area contributed by atoms with E-state index in [0.29, 0.717) is 6.54 Å². The summed E-state index contributed by atoms with van der Waals surface area (Å²) in [6.45, 7) is 7.02. The Hall–Kier alpha value is -2.62. The molecule has 1 N–H and O–H groups in total. The lowest BCUT2D eigenvalue weighted by Crippen LogP contribution is -2.06. The second kappa shape index (κ2) is 6.48. The van der Waals surface area contributed by atoms with Crippen molar-refractivity contribution in [2.24, 2.45) is 0 Å². The molecule has 0 bridgehead atoms. The summed E-state index contributed by atoms with van der Waals surface area (Å²) in [5, 5.41) is 14.9. The van der Waals surface area contributed by atoms with Crippen molar-refractivity contribution in [3.63, 3.8) is 0 Å². The molecule has 1 aromatic heterocycles. The predicted molar refractivity (Wildman–Crippen MR) is 95.5 cm³/mol. The van der Waals surface area contributed by atoms with Crippen LogP contribution in [0.4, 0.5) is 0 Å². The lowest BCUT2D eigenvalue weighted by Gasteiger charge is -2.11. The first kappa shape index (κ1) is 16.2. The van der Waals surface area contributed by atoms with Gasteiger partial charge in [-0.25, -0.2) is 0 Å². The van der Waals surface area contributed by atoms with Gasteiger partial charge in [-0.15, -0.1) is 0 Å². The Balaban J connectivity index is 2.10. The molecule has 1 heterocycles. The minimum absolute atomic E-state index is 0.0337. The zero-order chi connectivity index (χ0) is 17.3. The number of nitrogens with zero attached hydrogens (tertiary/aromatic N) is 2. The molecule has 24 heavy (non-hydrogen) atoms. The van der Waals surface area contributed by atoms with Gasteiger partial charge in [-0.05, 0) is 48.6 Å². The molecular formula is C20H22N2O2. The van der Waals surface area contributed by atoms with Gasteiger partial charge in [0.15, 0.2) is 0 Å². The predicted octanol–water partition coefficient (Wildman–Crippen LogP) is 3.89. The van der Waals surface area contributed by atoms with E-state index in [4.69, 9.17) is 10.2 Å². The van der Waals surface area contributed by atoms with Crippen LogP contribution in [0.2, 0.25) is 0 Å². The highest BCUT2D eigenvalue weighted by molar-refractivity contribution is 5.84. The topological polar surface area (TPSA) is 55.1 Å². The maximum absolute atomic E-state index is 11.0. The van der Waals surface area contributed by atoms with Crippen LogP contribution in [-0.4, -0.2) is 20.9 Å². The summed E-state index contributed by atoms with van der Waals surface area (Å²) in [7, 11) is 0. The standard InChI is InChI=1S/C20H22N2O2/c1-4-18-16-9-8-15(11-20(23)24)10-19(16)22(21-18)12-17-13(2)6-5-7-14(17)3/h5-10H,4,11-12H2,1-3H3,(H,23,24). The highest BCUT2D eigenvalue weighted by Gasteiger charge is 2.13. The summed E-state index contributed by atoms with van der Waals surface area (Å²) in [6, 6.07) is 12.2. The molecule has 4 heteroatoms. The Labute approximate surface area is 141 Å². The minimum atomic E-state index is -0.814. The molecule has 0 aliphatic carbocycles. The van der Waals surface area contributed by atoms with E-state index in [1.807, 2.05) is 22.9 Å². The highest BCUT2D eigenvalue weighted by atomic mass is 16.4. The van der Waals surface area contributed by atoms with Crippen molar-refractivity contribution in [1.82, 2.24) is 9.78 Å². The molecule has 0 aliphatic heterocycles. The number of carboxylic acids is 1. The lowest BCUT2D eigenvalue weighted by molar-refractivity contribution is -0.136. The summed E-state index contributed by atoms with van der Waals surface area (Å²) in [5.41, 5.74) is 6.64. The van der Waals surface area contributed by atoms with Gasteiger partial charge in [0.1, 0.15) is 0 Å². The number of carbonyl (C=O) groups is 1. The summed E-state index contributed by atoms with van der Waals surface area (Å²) in [4.78, 5) is 11.0. The molecule has 124 valence electrons. The molecule has 0 unspecified atom stereocenters. The van der Waals surface area contributed by atoms with Gasteiger partial charge in [0.2, 0.25) is 0 Å². The highest BCUT2D eigenvalue weighted by Crippen LogP contribution is 2.24. The van der Waals surface area contributed by atoms with Crippen molar-refractivity contribution in [2.45, 2.75) is 40.2 Å². The van der Waals surface area contributed by atoms with E-state index in [1.165, 1.54) is 16.7 Å². The Morgan fingerprint density at radius 1 is 1.17 bits per heavy atom. The van der Waals surface area contributed by atoms with Crippen LogP contribution in [0.1, 0.15) is 34.9 Å². The van der Waals surface area contributed by atoms with Gasteiger partial charge in [-0.1, -0.05) is 37.3 Å². The number of hydrogen-bond donors (Lipinski definition) is 1. The van der Waals surface area contributed by atoms with Crippen LogP contribution in [0.25, 0.3) is 10.9 Å². The summed E-state index contributed by atoms with van der Waals surface area (Å²) in [5.74, 6) is -0.814. The number of rotatable bonds is 5. The normalized spacial score (nSPS) is 11.1. The Kier molecular flexibility index (Phi) is 4.38. The molecule has 0 radical (unpaired) electrons. The number of benzene rings is 2. The van der Waals surface area contributed by atoms with Gasteiger partial charge in [-0.3, -0.25) is 9.48 Å². The van der Waals surface area contributed by atoms with Gasteiger partial charge in [0, 0.05) is 5.39 Å². The van der Waals surface area contributed by atoms with Crippen molar-refractivity contribution in [1.29, 1.82) is 0 Å².